The van der Waals surface area contributed by atoms with Crippen LogP contribution in [0, 0.1) is 23.2 Å². The number of nitriles is 1. The maximum absolute atomic E-state index is 13.1. The number of alkyl halides is 3. The van der Waals surface area contributed by atoms with Gasteiger partial charge in [-0.05, 0) is 37.1 Å². The second-order valence-electron chi connectivity index (χ2n) is 9.52. The molecule has 1 aliphatic heterocycles. The molecule has 2 heterocycles. The predicted octanol–water partition coefficient (Wildman–Crippen LogP) is 3.31. The minimum absolute atomic E-state index is 0.119. The molecule has 14 heteroatoms. The van der Waals surface area contributed by atoms with Crippen LogP contribution < -0.4 is 20.9 Å². The summed E-state index contributed by atoms with van der Waals surface area (Å²) < 4.78 is 37.7. The Morgan fingerprint density at radius 3 is 2.49 bits per heavy atom. The average molecular weight is 592 g/mol. The van der Waals surface area contributed by atoms with Crippen molar-refractivity contribution < 1.29 is 27.6 Å². The number of thioether (sulfide) groups is 1. The lowest BCUT2D eigenvalue weighted by Gasteiger charge is -2.25. The first-order valence-electron chi connectivity index (χ1n) is 12.9. The molecule has 0 spiro atoms. The molecule has 10 nitrogen and oxygen atoms in total. The van der Waals surface area contributed by atoms with Crippen LogP contribution in [0.15, 0.2) is 48.5 Å². The second kappa shape index (κ2) is 14.1. The molecule has 1 fully saturated rings. The Morgan fingerprint density at radius 1 is 1.17 bits per heavy atom. The predicted molar refractivity (Wildman–Crippen MR) is 151 cm³/mol. The molecule has 0 saturated carbocycles. The highest BCUT2D eigenvalue weighted by Crippen LogP contribution is 2.39. The van der Waals surface area contributed by atoms with Crippen molar-refractivity contribution in [1.82, 2.24) is 15.2 Å². The van der Waals surface area contributed by atoms with Crippen LogP contribution in [0.2, 0.25) is 0 Å². The van der Waals surface area contributed by atoms with E-state index in [2.05, 4.69) is 15.6 Å². The molecule has 1 aromatic heterocycles. The van der Waals surface area contributed by atoms with Crippen LogP contribution in [0.4, 0.5) is 30.5 Å². The molecule has 220 valence electrons. The van der Waals surface area contributed by atoms with Crippen LogP contribution >= 0.6 is 11.8 Å². The normalized spacial score (nSPS) is 18.3. The van der Waals surface area contributed by atoms with Gasteiger partial charge in [0.1, 0.15) is 23.6 Å². The fourth-order valence-corrected chi connectivity index (χ4v) is 5.90. The number of carbonyl (C=O) groups excluding carboxylic acids is 3. The molecule has 3 amide bonds. The van der Waals surface area contributed by atoms with E-state index in [1.165, 1.54) is 4.90 Å². The second-order valence-corrected chi connectivity index (χ2v) is 10.8. The maximum atomic E-state index is 13.1. The van der Waals surface area contributed by atoms with E-state index in [0.29, 0.717) is 18.2 Å². The summed E-state index contributed by atoms with van der Waals surface area (Å²) in [6.45, 7) is 2.55. The van der Waals surface area contributed by atoms with Crippen molar-refractivity contribution in [2.24, 2.45) is 11.8 Å². The van der Waals surface area contributed by atoms with E-state index in [1.807, 2.05) is 44.3 Å². The third kappa shape index (κ3) is 8.75. The van der Waals surface area contributed by atoms with Crippen molar-refractivity contribution in [1.29, 1.82) is 5.26 Å². The van der Waals surface area contributed by atoms with E-state index in [0.717, 1.165) is 17.4 Å². The Balaban J connectivity index is 1.58. The van der Waals surface area contributed by atoms with Gasteiger partial charge in [0.15, 0.2) is 5.92 Å². The van der Waals surface area contributed by atoms with Gasteiger partial charge in [0.2, 0.25) is 17.7 Å². The first-order chi connectivity index (χ1) is 19.4. The van der Waals surface area contributed by atoms with Gasteiger partial charge in [-0.25, -0.2) is 4.98 Å². The molecule has 3 rings (SSSR count). The lowest BCUT2D eigenvalue weighted by atomic mass is 10.1. The van der Waals surface area contributed by atoms with E-state index in [4.69, 9.17) is 0 Å². The number of carbonyl (C=O) groups is 3. The summed E-state index contributed by atoms with van der Waals surface area (Å²) in [5, 5.41) is 15.7. The van der Waals surface area contributed by atoms with Crippen LogP contribution in [0.1, 0.15) is 13.8 Å². The van der Waals surface area contributed by atoms with Crippen molar-refractivity contribution in [3.63, 3.8) is 0 Å². The molecule has 2 aromatic rings. The number of nitrogens with zero attached hydrogens (tertiary/aromatic N) is 4. The number of hydrogen-bond acceptors (Lipinski definition) is 8. The van der Waals surface area contributed by atoms with Gasteiger partial charge >= 0.3 is 6.18 Å². The highest BCUT2D eigenvalue weighted by Gasteiger charge is 2.47. The number of likely N-dealkylation sites (N-methyl/N-ethyl adjacent to an activating group) is 1. The fraction of sp³-hybridized carbons (Fsp3) is 0.444. The number of anilines is 3. The summed E-state index contributed by atoms with van der Waals surface area (Å²) in [7, 11) is 1.81. The van der Waals surface area contributed by atoms with Crippen LogP contribution in [-0.4, -0.2) is 77.6 Å². The maximum Gasteiger partial charge on any atom is 0.405 e. The van der Waals surface area contributed by atoms with Crippen molar-refractivity contribution in [3.8, 4) is 6.07 Å². The van der Waals surface area contributed by atoms with Crippen molar-refractivity contribution in [2.45, 2.75) is 30.6 Å². The number of rotatable bonds is 12. The van der Waals surface area contributed by atoms with Crippen LogP contribution in [0.25, 0.3) is 0 Å². The molecule has 1 aliphatic rings. The number of halogens is 3. The van der Waals surface area contributed by atoms with Gasteiger partial charge in [0, 0.05) is 25.8 Å². The zero-order chi connectivity index (χ0) is 30.2. The zero-order valence-electron chi connectivity index (χ0n) is 22.8. The molecular weight excluding hydrogens is 559 g/mol. The monoisotopic (exact) mass is 591 g/mol. The summed E-state index contributed by atoms with van der Waals surface area (Å²) in [4.78, 5) is 45.6. The Kier molecular flexibility index (Phi) is 10.8. The van der Waals surface area contributed by atoms with Crippen molar-refractivity contribution in [2.75, 3.05) is 48.8 Å². The standard InChI is InChI=1S/C27H32F3N7O3S/c1-4-37-25(40)23(41-26(37)19(13-31)24(39)33-16-27(28,29)30)17(2)14-32-20-11-8-12-21(34-20)35-22(38)15-36(3)18-9-6-5-7-10-18/h5-12,17,19,23,26H,4,14-16H2,1-3H3,(H,33,39)(H2,32,34,35,38)/t17-,19+,23?,26-/m0/s1. The van der Waals surface area contributed by atoms with Gasteiger partial charge in [0.05, 0.1) is 17.9 Å². The Hall–Kier alpha value is -3.99. The fourth-order valence-electron chi connectivity index (χ4n) is 4.24. The van der Waals surface area contributed by atoms with Gasteiger partial charge < -0.3 is 25.8 Å². The van der Waals surface area contributed by atoms with Gasteiger partial charge in [-0.1, -0.05) is 31.2 Å². The first-order valence-corrected chi connectivity index (χ1v) is 13.8. The molecule has 41 heavy (non-hydrogen) atoms. The summed E-state index contributed by atoms with van der Waals surface area (Å²) >= 11 is 1.09. The van der Waals surface area contributed by atoms with Crippen LogP contribution in [-0.2, 0) is 14.4 Å². The van der Waals surface area contributed by atoms with Gasteiger partial charge in [-0.15, -0.1) is 11.8 Å². The highest BCUT2D eigenvalue weighted by molar-refractivity contribution is 8.01. The largest absolute Gasteiger partial charge is 0.405 e. The first kappa shape index (κ1) is 31.5. The molecule has 0 bridgehead atoms. The number of hydrogen-bond donors (Lipinski definition) is 3. The van der Waals surface area contributed by atoms with E-state index in [9.17, 15) is 32.8 Å². The summed E-state index contributed by atoms with van der Waals surface area (Å²) in [5.41, 5.74) is 0.895. The van der Waals surface area contributed by atoms with Gasteiger partial charge in [-0.3, -0.25) is 14.4 Å². The minimum Gasteiger partial charge on any atom is -0.370 e. The quantitative estimate of drug-likeness (QED) is 0.343. The molecule has 0 radical (unpaired) electrons. The summed E-state index contributed by atoms with van der Waals surface area (Å²) in [6, 6.07) is 16.3. The third-order valence-electron chi connectivity index (χ3n) is 6.35. The molecule has 1 aromatic carbocycles. The molecule has 1 saturated heterocycles. The average Bonchev–Trinajstić information content (AvgIpc) is 3.26. The van der Waals surface area contributed by atoms with Gasteiger partial charge in [-0.2, -0.15) is 18.4 Å². The molecular formula is C27H32F3N7O3S. The lowest BCUT2D eigenvalue weighted by Crippen LogP contribution is -2.46. The summed E-state index contributed by atoms with van der Waals surface area (Å²) in [6.07, 6.45) is -4.62. The number of benzene rings is 1. The number of nitrogens with one attached hydrogen (secondary N) is 3. The smallest absolute Gasteiger partial charge is 0.370 e. The minimum atomic E-state index is -4.62. The van der Waals surface area contributed by atoms with Crippen LogP contribution in [0.3, 0.4) is 0 Å². The van der Waals surface area contributed by atoms with E-state index < -0.39 is 35.2 Å². The Morgan fingerprint density at radius 2 is 1.85 bits per heavy atom. The molecule has 3 N–H and O–H groups in total. The number of aromatic nitrogens is 1. The third-order valence-corrected chi connectivity index (χ3v) is 8.11. The number of amides is 3. The van der Waals surface area contributed by atoms with E-state index in [1.54, 1.807) is 41.4 Å². The summed E-state index contributed by atoms with van der Waals surface area (Å²) in [5.74, 6) is -2.55. The zero-order valence-corrected chi connectivity index (χ0v) is 23.6. The molecule has 0 aliphatic carbocycles. The number of para-hydroxylation sites is 1. The topological polar surface area (TPSA) is 130 Å². The molecule has 4 atom stereocenters. The lowest BCUT2D eigenvalue weighted by molar-refractivity contribution is -0.141. The number of pyridine rings is 1. The van der Waals surface area contributed by atoms with Crippen molar-refractivity contribution in [3.05, 3.63) is 48.5 Å². The van der Waals surface area contributed by atoms with E-state index >= 15 is 0 Å². The Bertz CT molecular complexity index is 1260. The molecule has 1 unspecified atom stereocenters. The highest BCUT2D eigenvalue weighted by atomic mass is 32.2. The van der Waals surface area contributed by atoms with Crippen LogP contribution in [0.5, 0.6) is 0 Å². The van der Waals surface area contributed by atoms with E-state index in [-0.39, 0.29) is 30.8 Å². The Labute approximate surface area is 240 Å². The SMILES string of the molecule is CCN1C(=O)C([C@@H](C)CNc2cccc(NC(=O)CN(C)c3ccccc3)n2)S[C@H]1[C@H](C#N)C(=O)NCC(F)(F)F. The van der Waals surface area contributed by atoms with Gasteiger partial charge in [0.25, 0.3) is 0 Å². The van der Waals surface area contributed by atoms with Crippen molar-refractivity contribution >= 4 is 46.8 Å².